The van der Waals surface area contributed by atoms with Crippen LogP contribution in [0, 0.1) is 0 Å². The van der Waals surface area contributed by atoms with E-state index >= 15 is 0 Å². The van der Waals surface area contributed by atoms with E-state index in [2.05, 4.69) is 10.1 Å². The summed E-state index contributed by atoms with van der Waals surface area (Å²) in [6.45, 7) is 0. The van der Waals surface area contributed by atoms with Gasteiger partial charge in [0.1, 0.15) is 5.75 Å². The van der Waals surface area contributed by atoms with Gasteiger partial charge in [0.05, 0.1) is 4.88 Å². The fourth-order valence-electron chi connectivity index (χ4n) is 2.00. The lowest BCUT2D eigenvalue weighted by molar-refractivity contribution is -0.274. The van der Waals surface area contributed by atoms with Crippen molar-refractivity contribution in [2.45, 2.75) is 25.2 Å². The van der Waals surface area contributed by atoms with Crippen molar-refractivity contribution in [2.24, 2.45) is 0 Å². The van der Waals surface area contributed by atoms with Gasteiger partial charge in [-0.3, -0.25) is 4.79 Å². The van der Waals surface area contributed by atoms with Crippen LogP contribution in [0.3, 0.4) is 0 Å². The Balaban J connectivity index is 1.85. The molecule has 2 aromatic rings. The van der Waals surface area contributed by atoms with Gasteiger partial charge in [-0.05, 0) is 35.9 Å². The molecule has 1 aromatic carbocycles. The Morgan fingerprint density at radius 3 is 2.68 bits per heavy atom. The summed E-state index contributed by atoms with van der Waals surface area (Å²) in [6.07, 6.45) is -2.79. The molecule has 1 amide bonds. The highest BCUT2D eigenvalue weighted by Crippen LogP contribution is 2.36. The van der Waals surface area contributed by atoms with Crippen molar-refractivity contribution in [3.05, 3.63) is 40.6 Å². The summed E-state index contributed by atoms with van der Waals surface area (Å²) in [5.74, 6) is -0.463. The third kappa shape index (κ3) is 3.59. The van der Waals surface area contributed by atoms with Gasteiger partial charge in [-0.25, -0.2) is 0 Å². The molecule has 1 N–H and O–H groups in total. The molecule has 0 aliphatic heterocycles. The quantitative estimate of drug-likeness (QED) is 0.914. The number of ether oxygens (including phenoxy) is 1. The Morgan fingerprint density at radius 1 is 1.27 bits per heavy atom. The van der Waals surface area contributed by atoms with Crippen molar-refractivity contribution < 1.29 is 22.7 Å². The van der Waals surface area contributed by atoms with Gasteiger partial charge in [-0.1, -0.05) is 18.2 Å². The van der Waals surface area contributed by atoms with Gasteiger partial charge >= 0.3 is 6.36 Å². The second-order valence-corrected chi connectivity index (χ2v) is 5.90. The molecule has 0 saturated heterocycles. The molecule has 1 aliphatic rings. The standard InChI is InChI=1S/C15H12F3NO2S/c16-15(17,18)21-12-4-2-1-3-11(12)9-7-13(22-8-9)14(20)19-10-5-6-10/h1-4,7-8,10H,5-6H2,(H,19,20). The maximum Gasteiger partial charge on any atom is 0.573 e. The molecular weight excluding hydrogens is 315 g/mol. The predicted octanol–water partition coefficient (Wildman–Crippen LogP) is 4.21. The normalized spacial score (nSPS) is 14.7. The second kappa shape index (κ2) is 5.64. The van der Waals surface area contributed by atoms with Crippen molar-refractivity contribution in [1.82, 2.24) is 5.32 Å². The van der Waals surface area contributed by atoms with Gasteiger partial charge in [0.2, 0.25) is 0 Å². The highest BCUT2D eigenvalue weighted by molar-refractivity contribution is 7.12. The summed E-state index contributed by atoms with van der Waals surface area (Å²) in [5, 5.41) is 4.50. The van der Waals surface area contributed by atoms with Crippen molar-refractivity contribution in [1.29, 1.82) is 0 Å². The zero-order chi connectivity index (χ0) is 15.7. The van der Waals surface area contributed by atoms with E-state index in [0.717, 1.165) is 12.8 Å². The number of halogens is 3. The fraction of sp³-hybridized carbons (Fsp3) is 0.267. The summed E-state index contributed by atoms with van der Waals surface area (Å²) in [4.78, 5) is 12.4. The van der Waals surface area contributed by atoms with Crippen LogP contribution in [-0.4, -0.2) is 18.3 Å². The van der Waals surface area contributed by atoms with E-state index in [4.69, 9.17) is 0 Å². The number of thiophene rings is 1. The van der Waals surface area contributed by atoms with Crippen LogP contribution in [0.25, 0.3) is 11.1 Å². The third-order valence-corrected chi connectivity index (χ3v) is 4.09. The fourth-order valence-corrected chi connectivity index (χ4v) is 2.81. The molecule has 0 spiro atoms. The van der Waals surface area contributed by atoms with Gasteiger partial charge in [0.25, 0.3) is 5.91 Å². The first-order valence-electron chi connectivity index (χ1n) is 6.67. The maximum atomic E-state index is 12.4. The molecule has 1 heterocycles. The lowest BCUT2D eigenvalue weighted by atomic mass is 10.1. The minimum absolute atomic E-state index is 0.187. The van der Waals surface area contributed by atoms with Gasteiger partial charge < -0.3 is 10.1 Å². The number of carbonyl (C=O) groups excluding carboxylic acids is 1. The van der Waals surface area contributed by atoms with E-state index in [9.17, 15) is 18.0 Å². The van der Waals surface area contributed by atoms with Crippen LogP contribution in [-0.2, 0) is 0 Å². The number of rotatable bonds is 4. The van der Waals surface area contributed by atoms with Crippen LogP contribution in [0.2, 0.25) is 0 Å². The first kappa shape index (κ1) is 14.9. The topological polar surface area (TPSA) is 38.3 Å². The molecule has 1 aromatic heterocycles. The first-order valence-corrected chi connectivity index (χ1v) is 7.55. The van der Waals surface area contributed by atoms with Crippen LogP contribution < -0.4 is 10.1 Å². The number of nitrogens with one attached hydrogen (secondary N) is 1. The average Bonchev–Trinajstić information content (AvgIpc) is 3.11. The Labute approximate surface area is 128 Å². The van der Waals surface area contributed by atoms with E-state index in [1.807, 2.05) is 0 Å². The number of amides is 1. The van der Waals surface area contributed by atoms with Crippen LogP contribution >= 0.6 is 11.3 Å². The number of hydrogen-bond donors (Lipinski definition) is 1. The van der Waals surface area contributed by atoms with E-state index in [0.29, 0.717) is 16.0 Å². The molecule has 0 radical (unpaired) electrons. The summed E-state index contributed by atoms with van der Waals surface area (Å²) in [6, 6.07) is 7.70. The molecule has 22 heavy (non-hydrogen) atoms. The van der Waals surface area contributed by atoms with Crippen LogP contribution in [0.5, 0.6) is 5.75 Å². The lowest BCUT2D eigenvalue weighted by Gasteiger charge is -2.12. The zero-order valence-corrected chi connectivity index (χ0v) is 12.1. The first-order chi connectivity index (χ1) is 10.4. The summed E-state index contributed by atoms with van der Waals surface area (Å²) in [7, 11) is 0. The number of para-hydroxylation sites is 1. The molecule has 0 bridgehead atoms. The zero-order valence-electron chi connectivity index (χ0n) is 11.3. The van der Waals surface area contributed by atoms with Crippen LogP contribution in [0.15, 0.2) is 35.7 Å². The highest BCUT2D eigenvalue weighted by atomic mass is 32.1. The van der Waals surface area contributed by atoms with Crippen molar-refractivity contribution >= 4 is 17.2 Å². The SMILES string of the molecule is O=C(NC1CC1)c1cc(-c2ccccc2OC(F)(F)F)cs1. The predicted molar refractivity (Wildman–Crippen MR) is 76.9 cm³/mol. The molecule has 0 unspecified atom stereocenters. The Kier molecular flexibility index (Phi) is 3.82. The van der Waals surface area contributed by atoms with E-state index < -0.39 is 6.36 Å². The van der Waals surface area contributed by atoms with Gasteiger partial charge in [0, 0.05) is 11.6 Å². The minimum Gasteiger partial charge on any atom is -0.405 e. The van der Waals surface area contributed by atoms with E-state index in [1.54, 1.807) is 17.5 Å². The monoisotopic (exact) mass is 327 g/mol. The van der Waals surface area contributed by atoms with Crippen LogP contribution in [0.4, 0.5) is 13.2 Å². The number of carbonyl (C=O) groups is 1. The average molecular weight is 327 g/mol. The molecule has 1 fully saturated rings. The number of hydrogen-bond acceptors (Lipinski definition) is 3. The highest BCUT2D eigenvalue weighted by Gasteiger charge is 2.32. The Hall–Kier alpha value is -2.02. The molecular formula is C15H12F3NO2S. The van der Waals surface area contributed by atoms with Gasteiger partial charge in [-0.15, -0.1) is 24.5 Å². The number of benzene rings is 1. The smallest absolute Gasteiger partial charge is 0.405 e. The number of alkyl halides is 3. The van der Waals surface area contributed by atoms with E-state index in [1.165, 1.54) is 29.5 Å². The van der Waals surface area contributed by atoms with Crippen molar-refractivity contribution in [3.63, 3.8) is 0 Å². The lowest BCUT2D eigenvalue weighted by Crippen LogP contribution is -2.24. The van der Waals surface area contributed by atoms with Crippen molar-refractivity contribution in [2.75, 3.05) is 0 Å². The summed E-state index contributed by atoms with van der Waals surface area (Å²) >= 11 is 1.20. The largest absolute Gasteiger partial charge is 0.573 e. The molecule has 3 rings (SSSR count). The molecule has 7 heteroatoms. The van der Waals surface area contributed by atoms with Crippen molar-refractivity contribution in [3.8, 4) is 16.9 Å². The van der Waals surface area contributed by atoms with E-state index in [-0.39, 0.29) is 17.7 Å². The molecule has 1 aliphatic carbocycles. The second-order valence-electron chi connectivity index (χ2n) is 4.99. The Bertz CT molecular complexity index is 692. The van der Waals surface area contributed by atoms with Crippen LogP contribution in [0.1, 0.15) is 22.5 Å². The molecule has 0 atom stereocenters. The maximum absolute atomic E-state index is 12.4. The summed E-state index contributed by atoms with van der Waals surface area (Å²) in [5.41, 5.74) is 0.840. The summed E-state index contributed by atoms with van der Waals surface area (Å²) < 4.78 is 41.3. The van der Waals surface area contributed by atoms with Gasteiger partial charge in [0.15, 0.2) is 0 Å². The molecule has 1 saturated carbocycles. The Morgan fingerprint density at radius 2 is 2.00 bits per heavy atom. The van der Waals surface area contributed by atoms with Gasteiger partial charge in [-0.2, -0.15) is 0 Å². The third-order valence-electron chi connectivity index (χ3n) is 3.16. The molecule has 116 valence electrons. The molecule has 3 nitrogen and oxygen atoms in total. The minimum atomic E-state index is -4.75.